The fraction of sp³-hybridized carbons (Fsp3) is 0.688. The van der Waals surface area contributed by atoms with Gasteiger partial charge in [-0.1, -0.05) is 89.1 Å². The van der Waals surface area contributed by atoms with Gasteiger partial charge in [0.2, 0.25) is 17.7 Å². The van der Waals surface area contributed by atoms with Gasteiger partial charge in [-0.3, -0.25) is 19.7 Å². The molecule has 4 aliphatic heterocycles. The number of benzene rings is 1. The van der Waals surface area contributed by atoms with Crippen molar-refractivity contribution in [3.05, 3.63) is 46.5 Å². The molecule has 0 spiro atoms. The molecule has 7 rings (SSSR count). The molecule has 4 N–H and O–H groups in total. The molecule has 4 amide bonds. The molecule has 2 saturated carbocycles. The first-order valence-electron chi connectivity index (χ1n) is 23.3. The molecule has 9 atom stereocenters. The molecule has 1 aromatic carbocycles. The van der Waals surface area contributed by atoms with Crippen LogP contribution in [0, 0.1) is 11.8 Å². The first-order valence-corrected chi connectivity index (χ1v) is 26.2. The predicted octanol–water partition coefficient (Wildman–Crippen LogP) is 7.03. The van der Waals surface area contributed by atoms with Crippen LogP contribution in [0.15, 0.2) is 35.9 Å². The van der Waals surface area contributed by atoms with Gasteiger partial charge in [-0.15, -0.1) is 0 Å². The summed E-state index contributed by atoms with van der Waals surface area (Å²) in [6.07, 6.45) is 10.0. The van der Waals surface area contributed by atoms with E-state index in [1.807, 2.05) is 6.92 Å². The number of aliphatic hydroxyl groups excluding tert-OH is 1. The van der Waals surface area contributed by atoms with Crippen molar-refractivity contribution in [2.24, 2.45) is 11.8 Å². The highest BCUT2D eigenvalue weighted by Crippen LogP contribution is 2.50. The summed E-state index contributed by atoms with van der Waals surface area (Å²) >= 11 is 6.79. The van der Waals surface area contributed by atoms with Gasteiger partial charge in [0.05, 0.1) is 19.2 Å². The van der Waals surface area contributed by atoms with E-state index in [1.165, 1.54) is 62.1 Å². The number of esters is 1. The summed E-state index contributed by atoms with van der Waals surface area (Å²) in [7, 11) is 7.74. The number of ether oxygens (including phenoxy) is 4. The van der Waals surface area contributed by atoms with E-state index in [9.17, 15) is 34.2 Å². The van der Waals surface area contributed by atoms with Gasteiger partial charge in [0.25, 0.3) is 0 Å². The Morgan fingerprint density at radius 3 is 2.44 bits per heavy atom. The summed E-state index contributed by atoms with van der Waals surface area (Å²) in [5.74, 6) is 1.76. The Morgan fingerprint density at radius 1 is 1.08 bits per heavy atom. The second kappa shape index (κ2) is 22.3. The van der Waals surface area contributed by atoms with Crippen molar-refractivity contribution < 1.29 is 53.1 Å². The lowest BCUT2D eigenvalue weighted by atomic mass is 9.72. The Labute approximate surface area is 402 Å². The monoisotopic (exact) mass is 976 g/mol. The van der Waals surface area contributed by atoms with Crippen LogP contribution in [0.25, 0.3) is 0 Å². The number of hydrogen-bond acceptors (Lipinski definition) is 13. The molecule has 4 heterocycles. The summed E-state index contributed by atoms with van der Waals surface area (Å²) in [4.78, 5) is 69.9. The van der Waals surface area contributed by atoms with Crippen LogP contribution in [0.5, 0.6) is 5.75 Å². The zero-order valence-corrected chi connectivity index (χ0v) is 41.8. The van der Waals surface area contributed by atoms with Crippen molar-refractivity contribution in [1.29, 1.82) is 0 Å². The van der Waals surface area contributed by atoms with Crippen molar-refractivity contribution >= 4 is 68.7 Å². The summed E-state index contributed by atoms with van der Waals surface area (Å²) < 4.78 is 23.9. The Balaban J connectivity index is 1.08. The van der Waals surface area contributed by atoms with Crippen molar-refractivity contribution in [3.8, 4) is 5.75 Å². The third-order valence-electron chi connectivity index (χ3n) is 14.1. The molecule has 15 nitrogen and oxygen atoms in total. The number of alkyl carbamates (subject to hydrolysis) is 1. The number of aliphatic hydroxyl groups is 2. The summed E-state index contributed by atoms with van der Waals surface area (Å²) in [6.45, 7) is 6.80. The van der Waals surface area contributed by atoms with Gasteiger partial charge < -0.3 is 44.3 Å². The van der Waals surface area contributed by atoms with Crippen LogP contribution < -0.4 is 20.3 Å². The van der Waals surface area contributed by atoms with Gasteiger partial charge in [0.15, 0.2) is 5.72 Å². The van der Waals surface area contributed by atoms with Crippen molar-refractivity contribution in [2.45, 2.75) is 165 Å². The lowest BCUT2D eigenvalue weighted by molar-refractivity contribution is -0.328. The van der Waals surface area contributed by atoms with Crippen LogP contribution in [0.1, 0.15) is 117 Å². The van der Waals surface area contributed by atoms with E-state index in [0.717, 1.165) is 48.0 Å². The molecule has 2 aliphatic carbocycles. The molecule has 1 aromatic rings. The average molecular weight is 978 g/mol. The number of rotatable bonds is 13. The third kappa shape index (κ3) is 12.8. The molecule has 4 fully saturated rings. The first kappa shape index (κ1) is 51.9. The molecule has 18 heteroatoms. The zero-order valence-electron chi connectivity index (χ0n) is 39.4. The lowest BCUT2D eigenvalue weighted by Crippen LogP contribution is -2.72. The highest BCUT2D eigenvalue weighted by molar-refractivity contribution is 8.76. The molecule has 66 heavy (non-hydrogen) atoms. The SMILES string of the molecule is COc1cc2cc(c1Cl)N(C)C(=O)C[C@H](OC(=O)[C@H](C)N(C)C(=O)CCSSCCCC(=O)NC1CC3CCCC(CC3)C1)[C@@]1(C)CC(C)(O1)[C@@H]1C[C@@](O)(NC(=O)O1)[C@H](O)/C=C/C=C(\C)C2. The molecule has 2 saturated heterocycles. The predicted molar refractivity (Wildman–Crippen MR) is 256 cm³/mol. The third-order valence-corrected chi connectivity index (χ3v) is 17.0. The largest absolute Gasteiger partial charge is 0.495 e. The number of anilines is 1. The van der Waals surface area contributed by atoms with Crippen LogP contribution in [-0.4, -0.2) is 125 Å². The number of nitrogens with one attached hydrogen (secondary N) is 2. The number of fused-ring (bicyclic) bond motifs is 9. The number of halogens is 1. The number of methoxy groups -OCH3 is 1. The van der Waals surface area contributed by atoms with E-state index in [2.05, 4.69) is 10.6 Å². The minimum absolute atomic E-state index is 0.116. The highest BCUT2D eigenvalue weighted by Gasteiger charge is 2.63. The Bertz CT molecular complexity index is 2000. The van der Waals surface area contributed by atoms with E-state index in [0.29, 0.717) is 36.1 Å². The minimum atomic E-state index is -2.10. The van der Waals surface area contributed by atoms with Crippen LogP contribution in [0.3, 0.4) is 0 Å². The second-order valence-corrected chi connectivity index (χ2v) is 22.5. The number of carbonyl (C=O) groups excluding carboxylic acids is 5. The fourth-order valence-corrected chi connectivity index (χ4v) is 12.6. The normalized spacial score (nSPS) is 33.1. The van der Waals surface area contributed by atoms with Gasteiger partial charge in [-0.25, -0.2) is 9.59 Å². The number of nitrogens with zero attached hydrogens (tertiary/aromatic N) is 2. The maximum atomic E-state index is 14.3. The number of amides is 4. The number of hydrogen-bond donors (Lipinski definition) is 4. The highest BCUT2D eigenvalue weighted by atomic mass is 35.5. The quantitative estimate of drug-likeness (QED) is 0.0896. The molecule has 0 aromatic heterocycles. The van der Waals surface area contributed by atoms with E-state index < -0.39 is 59.3 Å². The van der Waals surface area contributed by atoms with Gasteiger partial charge in [-0.2, -0.15) is 0 Å². The molecular weight excluding hydrogens is 908 g/mol. The Hall–Kier alpha value is -3.48. The van der Waals surface area contributed by atoms with Crippen molar-refractivity contribution in [2.75, 3.05) is 37.6 Å². The van der Waals surface area contributed by atoms with E-state index in [1.54, 1.807) is 73.7 Å². The van der Waals surface area contributed by atoms with Crippen molar-refractivity contribution in [1.82, 2.24) is 15.5 Å². The van der Waals surface area contributed by atoms with E-state index in [-0.39, 0.29) is 42.5 Å². The Kier molecular flexibility index (Phi) is 17.5. The molecule has 3 unspecified atom stereocenters. The average Bonchev–Trinajstić information content (AvgIpc) is 3.59. The minimum Gasteiger partial charge on any atom is -0.495 e. The molecular formula is C48H69ClN4O11S2. The molecule has 6 aliphatic rings. The Morgan fingerprint density at radius 2 is 1.76 bits per heavy atom. The number of likely N-dealkylation sites (N-methyl/N-ethyl adjacent to an activating group) is 1. The van der Waals surface area contributed by atoms with Crippen molar-refractivity contribution in [3.63, 3.8) is 0 Å². The van der Waals surface area contributed by atoms with Crippen LogP contribution in [0.4, 0.5) is 10.5 Å². The van der Waals surface area contributed by atoms with Crippen LogP contribution >= 0.6 is 33.2 Å². The van der Waals surface area contributed by atoms with Gasteiger partial charge in [0.1, 0.15) is 46.3 Å². The smallest absolute Gasteiger partial charge is 0.409 e. The summed E-state index contributed by atoms with van der Waals surface area (Å²) in [5.41, 5.74) is -2.63. The van der Waals surface area contributed by atoms with Crippen LogP contribution in [0.2, 0.25) is 5.02 Å². The molecule has 366 valence electrons. The number of carbonyl (C=O) groups is 5. The van der Waals surface area contributed by atoms with Gasteiger partial charge >= 0.3 is 12.1 Å². The number of allylic oxidation sites excluding steroid dienone is 3. The standard InChI is InChI=1S/C48H69ClN4O11S2/c1-29-11-8-14-37(54)48(60)27-39(63-45(59)51-48)47(4)28-46(3,64-47)38(26-42(57)53(6)35-24-33(21-29)25-36(61-7)43(35)49)62-44(58)30(2)52(5)41(56)18-20-66-65-19-10-15-40(55)50-34-22-31-12-9-13-32(23-34)17-16-31/h8,11,14,24-25,30-32,34,37-39,54,60H,9-10,12-13,15-23,26-28H2,1-7H3,(H,50,55)(H,51,59)/b14-8+,29-11+/t30-,31?,32?,34?,37+,38-,39-,46+,47?,48-/m0/s1. The lowest BCUT2D eigenvalue weighted by Gasteiger charge is -2.59. The topological polar surface area (TPSA) is 193 Å². The maximum Gasteiger partial charge on any atom is 0.409 e. The van der Waals surface area contributed by atoms with Crippen LogP contribution in [-0.2, 0) is 39.8 Å². The zero-order chi connectivity index (χ0) is 48.0. The maximum absolute atomic E-state index is 14.3. The van der Waals surface area contributed by atoms with E-state index >= 15 is 0 Å². The summed E-state index contributed by atoms with van der Waals surface area (Å²) in [5, 5.41) is 28.5. The van der Waals surface area contributed by atoms with Gasteiger partial charge in [-0.05, 0) is 82.9 Å². The molecule has 0 radical (unpaired) electrons. The second-order valence-electron chi connectivity index (χ2n) is 19.4. The first-order chi connectivity index (χ1) is 31.2. The summed E-state index contributed by atoms with van der Waals surface area (Å²) in [6, 6.07) is 2.80. The molecule has 8 bridgehead atoms. The van der Waals surface area contributed by atoms with E-state index in [4.69, 9.17) is 30.5 Å². The van der Waals surface area contributed by atoms with Gasteiger partial charge in [0, 0.05) is 57.3 Å². The fourth-order valence-electron chi connectivity index (χ4n) is 10.2.